The normalized spacial score (nSPS) is 10.6. The van der Waals surface area contributed by atoms with Gasteiger partial charge in [0.2, 0.25) is 5.88 Å². The molecule has 0 bridgehead atoms. The third-order valence-electron chi connectivity index (χ3n) is 3.20. The fraction of sp³-hybridized carbons (Fsp3) is 0.118. The standard InChI is InChI=1S/C17H13Cl2N3O2/c18-13-5-1-11(2-6-13)15-17(24-10-9-23)20-16(22-21-15)12-3-7-14(19)8-4-12/h1-8,23H,9-10H2. The van der Waals surface area contributed by atoms with E-state index in [1.807, 2.05) is 12.1 Å². The van der Waals surface area contributed by atoms with Crippen LogP contribution >= 0.6 is 23.2 Å². The van der Waals surface area contributed by atoms with Crippen LogP contribution in [0.1, 0.15) is 0 Å². The number of aliphatic hydroxyl groups is 1. The highest BCUT2D eigenvalue weighted by atomic mass is 35.5. The fourth-order valence-electron chi connectivity index (χ4n) is 2.06. The van der Waals surface area contributed by atoms with Gasteiger partial charge in [-0.25, -0.2) is 0 Å². The summed E-state index contributed by atoms with van der Waals surface area (Å²) in [5, 5.41) is 18.7. The quantitative estimate of drug-likeness (QED) is 0.746. The fourth-order valence-corrected chi connectivity index (χ4v) is 2.32. The molecule has 0 saturated carbocycles. The topological polar surface area (TPSA) is 68.1 Å². The van der Waals surface area contributed by atoms with Crippen LogP contribution in [0, 0.1) is 0 Å². The van der Waals surface area contributed by atoms with Gasteiger partial charge in [-0.1, -0.05) is 35.3 Å². The van der Waals surface area contributed by atoms with Crippen molar-refractivity contribution in [1.29, 1.82) is 0 Å². The monoisotopic (exact) mass is 361 g/mol. The van der Waals surface area contributed by atoms with Gasteiger partial charge < -0.3 is 9.84 Å². The highest BCUT2D eigenvalue weighted by molar-refractivity contribution is 6.30. The van der Waals surface area contributed by atoms with E-state index < -0.39 is 0 Å². The summed E-state index contributed by atoms with van der Waals surface area (Å²) in [4.78, 5) is 4.43. The molecule has 2 aromatic carbocycles. The van der Waals surface area contributed by atoms with Crippen molar-refractivity contribution in [3.05, 3.63) is 58.6 Å². The molecule has 0 atom stereocenters. The summed E-state index contributed by atoms with van der Waals surface area (Å²) < 4.78 is 5.53. The van der Waals surface area contributed by atoms with Crippen molar-refractivity contribution in [1.82, 2.24) is 15.2 Å². The summed E-state index contributed by atoms with van der Waals surface area (Å²) in [6, 6.07) is 14.2. The minimum Gasteiger partial charge on any atom is -0.474 e. The van der Waals surface area contributed by atoms with E-state index in [1.54, 1.807) is 36.4 Å². The maximum absolute atomic E-state index is 9.02. The molecule has 0 fully saturated rings. The smallest absolute Gasteiger partial charge is 0.244 e. The molecule has 0 spiro atoms. The lowest BCUT2D eigenvalue weighted by atomic mass is 10.1. The Morgan fingerprint density at radius 3 is 2.00 bits per heavy atom. The number of hydrogen-bond donors (Lipinski definition) is 1. The summed E-state index contributed by atoms with van der Waals surface area (Å²) in [7, 11) is 0. The summed E-state index contributed by atoms with van der Waals surface area (Å²) >= 11 is 11.8. The molecule has 3 aromatic rings. The second-order valence-electron chi connectivity index (χ2n) is 4.88. The van der Waals surface area contributed by atoms with Gasteiger partial charge in [0.05, 0.1) is 6.61 Å². The summed E-state index contributed by atoms with van der Waals surface area (Å²) in [6.07, 6.45) is 0. The van der Waals surface area contributed by atoms with Gasteiger partial charge in [-0.15, -0.1) is 10.2 Å². The van der Waals surface area contributed by atoms with Gasteiger partial charge in [-0.2, -0.15) is 4.98 Å². The zero-order valence-electron chi connectivity index (χ0n) is 12.5. The predicted octanol–water partition coefficient (Wildman–Crippen LogP) is 3.88. The molecule has 0 aliphatic rings. The lowest BCUT2D eigenvalue weighted by molar-refractivity contribution is 0.196. The molecule has 5 nitrogen and oxygen atoms in total. The van der Waals surface area contributed by atoms with Crippen LogP contribution in [0.15, 0.2) is 48.5 Å². The van der Waals surface area contributed by atoms with E-state index in [-0.39, 0.29) is 13.2 Å². The van der Waals surface area contributed by atoms with Crippen molar-refractivity contribution >= 4 is 23.2 Å². The minimum absolute atomic E-state index is 0.110. The van der Waals surface area contributed by atoms with Gasteiger partial charge in [0, 0.05) is 21.2 Å². The van der Waals surface area contributed by atoms with E-state index in [0.717, 1.165) is 11.1 Å². The van der Waals surface area contributed by atoms with Crippen LogP contribution in [-0.2, 0) is 0 Å². The van der Waals surface area contributed by atoms with E-state index in [4.69, 9.17) is 33.0 Å². The molecule has 0 unspecified atom stereocenters. The van der Waals surface area contributed by atoms with Crippen LogP contribution in [0.2, 0.25) is 10.0 Å². The number of hydrogen-bond acceptors (Lipinski definition) is 5. The molecular weight excluding hydrogens is 349 g/mol. The molecule has 0 aliphatic carbocycles. The number of nitrogens with zero attached hydrogens (tertiary/aromatic N) is 3. The first-order valence-corrected chi connectivity index (χ1v) is 7.93. The molecule has 122 valence electrons. The zero-order valence-corrected chi connectivity index (χ0v) is 14.0. The van der Waals surface area contributed by atoms with Crippen molar-refractivity contribution in [3.63, 3.8) is 0 Å². The minimum atomic E-state index is -0.125. The Balaban J connectivity index is 2.02. The highest BCUT2D eigenvalue weighted by Crippen LogP contribution is 2.29. The highest BCUT2D eigenvalue weighted by Gasteiger charge is 2.14. The second kappa shape index (κ2) is 7.57. The Labute approximate surface area is 148 Å². The Bertz CT molecular complexity index is 824. The van der Waals surface area contributed by atoms with Crippen LogP contribution in [0.3, 0.4) is 0 Å². The first-order chi connectivity index (χ1) is 11.7. The van der Waals surface area contributed by atoms with Crippen LogP contribution in [-0.4, -0.2) is 33.5 Å². The van der Waals surface area contributed by atoms with Crippen molar-refractivity contribution < 1.29 is 9.84 Å². The van der Waals surface area contributed by atoms with Gasteiger partial charge in [0.15, 0.2) is 11.5 Å². The lowest BCUT2D eigenvalue weighted by Crippen LogP contribution is -2.07. The van der Waals surface area contributed by atoms with Gasteiger partial charge in [-0.3, -0.25) is 0 Å². The van der Waals surface area contributed by atoms with Crippen LogP contribution in [0.5, 0.6) is 5.88 Å². The van der Waals surface area contributed by atoms with Gasteiger partial charge >= 0.3 is 0 Å². The van der Waals surface area contributed by atoms with Gasteiger partial charge in [0.25, 0.3) is 0 Å². The molecular formula is C17H13Cl2N3O2. The summed E-state index contributed by atoms with van der Waals surface area (Å²) in [6.45, 7) is -0.0142. The van der Waals surface area contributed by atoms with Crippen molar-refractivity contribution in [2.45, 2.75) is 0 Å². The van der Waals surface area contributed by atoms with Gasteiger partial charge in [-0.05, 0) is 36.4 Å². The first kappa shape index (κ1) is 16.6. The van der Waals surface area contributed by atoms with E-state index in [2.05, 4.69) is 15.2 Å². The van der Waals surface area contributed by atoms with Crippen molar-refractivity contribution in [2.24, 2.45) is 0 Å². The number of rotatable bonds is 5. The van der Waals surface area contributed by atoms with Crippen molar-refractivity contribution in [3.8, 4) is 28.5 Å². The Hall–Kier alpha value is -2.21. The van der Waals surface area contributed by atoms with Crippen LogP contribution < -0.4 is 4.74 Å². The van der Waals surface area contributed by atoms with E-state index in [1.165, 1.54) is 0 Å². The average molecular weight is 362 g/mol. The van der Waals surface area contributed by atoms with E-state index in [0.29, 0.717) is 27.4 Å². The van der Waals surface area contributed by atoms with Crippen LogP contribution in [0.25, 0.3) is 22.6 Å². The van der Waals surface area contributed by atoms with E-state index >= 15 is 0 Å². The number of ether oxygens (including phenoxy) is 1. The number of halogens is 2. The maximum atomic E-state index is 9.02. The van der Waals surface area contributed by atoms with Crippen LogP contribution in [0.4, 0.5) is 0 Å². The summed E-state index contributed by atoms with van der Waals surface area (Å²) in [5.41, 5.74) is 2.02. The van der Waals surface area contributed by atoms with E-state index in [9.17, 15) is 0 Å². The number of benzene rings is 2. The molecule has 7 heteroatoms. The lowest BCUT2D eigenvalue weighted by Gasteiger charge is -2.10. The molecule has 24 heavy (non-hydrogen) atoms. The van der Waals surface area contributed by atoms with Crippen molar-refractivity contribution in [2.75, 3.05) is 13.2 Å². The van der Waals surface area contributed by atoms with Gasteiger partial charge in [0.1, 0.15) is 6.61 Å². The molecule has 1 aromatic heterocycles. The molecule has 0 radical (unpaired) electrons. The molecule has 1 heterocycles. The number of aromatic nitrogens is 3. The third kappa shape index (κ3) is 3.82. The predicted molar refractivity (Wildman–Crippen MR) is 93.3 cm³/mol. The average Bonchev–Trinajstić information content (AvgIpc) is 2.61. The molecule has 0 amide bonds. The SMILES string of the molecule is OCCOc1nc(-c2ccc(Cl)cc2)nnc1-c1ccc(Cl)cc1. The maximum Gasteiger partial charge on any atom is 0.244 e. The Kier molecular flexibility index (Phi) is 5.25. The molecule has 0 saturated heterocycles. The summed E-state index contributed by atoms with van der Waals surface area (Å²) in [5.74, 6) is 0.712. The third-order valence-corrected chi connectivity index (χ3v) is 3.71. The Morgan fingerprint density at radius 2 is 1.42 bits per heavy atom. The second-order valence-corrected chi connectivity index (χ2v) is 5.75. The first-order valence-electron chi connectivity index (χ1n) is 7.17. The number of aliphatic hydroxyl groups excluding tert-OH is 1. The Morgan fingerprint density at radius 1 is 0.833 bits per heavy atom. The molecule has 1 N–H and O–H groups in total. The largest absolute Gasteiger partial charge is 0.474 e. The molecule has 3 rings (SSSR count). The molecule has 0 aliphatic heterocycles. The zero-order chi connectivity index (χ0) is 16.9.